The number of hydrogen-bond acceptors (Lipinski definition) is 2. The van der Waals surface area contributed by atoms with E-state index in [0.29, 0.717) is 13.0 Å². The van der Waals surface area contributed by atoms with E-state index in [1.807, 2.05) is 13.0 Å². The third-order valence-corrected chi connectivity index (χ3v) is 10.6. The Morgan fingerprint density at radius 2 is 1.93 bits per heavy atom. The summed E-state index contributed by atoms with van der Waals surface area (Å²) in [5.41, 5.74) is 5.25. The van der Waals surface area contributed by atoms with E-state index in [9.17, 15) is 5.11 Å². The molecule has 0 spiro atoms. The van der Waals surface area contributed by atoms with Crippen LogP contribution in [0.5, 0.6) is 0 Å². The van der Waals surface area contributed by atoms with Crippen LogP contribution in [0.4, 0.5) is 0 Å². The second-order valence-corrected chi connectivity index (χ2v) is 14.2. The quantitative estimate of drug-likeness (QED) is 0.394. The van der Waals surface area contributed by atoms with E-state index in [1.165, 1.54) is 0 Å². The fourth-order valence-corrected chi connectivity index (χ4v) is 4.09. The molecule has 1 N–H and O–H groups in total. The summed E-state index contributed by atoms with van der Waals surface area (Å²) >= 11 is 0. The Hall–Kier alpha value is -1.62. The normalized spacial score (nSPS) is 13.7. The van der Waals surface area contributed by atoms with Crippen LogP contribution in [0, 0.1) is 0 Å². The van der Waals surface area contributed by atoms with Gasteiger partial charge >= 0.3 is 0 Å². The van der Waals surface area contributed by atoms with Crippen molar-refractivity contribution in [1.29, 1.82) is 0 Å². The summed E-state index contributed by atoms with van der Waals surface area (Å²) in [7, 11) is 0.277. The molecule has 0 amide bonds. The molecule has 154 valence electrons. The van der Waals surface area contributed by atoms with Gasteiger partial charge in [0, 0.05) is 23.6 Å². The van der Waals surface area contributed by atoms with E-state index in [1.54, 1.807) is 0 Å². The molecule has 0 fully saturated rings. The van der Waals surface area contributed by atoms with Gasteiger partial charge in [-0.2, -0.15) is 0 Å². The van der Waals surface area contributed by atoms with Gasteiger partial charge in [0.25, 0.3) is 0 Å². The van der Waals surface area contributed by atoms with Gasteiger partial charge in [0.05, 0.1) is 12.7 Å². The second-order valence-electron chi connectivity index (χ2n) is 9.40. The Bertz CT molecular complexity index is 871. The summed E-state index contributed by atoms with van der Waals surface area (Å²) in [6.45, 7) is 21.8. The molecule has 2 aromatic rings. The van der Waals surface area contributed by atoms with E-state index < -0.39 is 14.4 Å². The van der Waals surface area contributed by atoms with Crippen LogP contribution in [0.2, 0.25) is 18.1 Å². The number of allylic oxidation sites excluding steroid dienone is 2. The minimum Gasteiger partial charge on any atom is -0.411 e. The molecule has 28 heavy (non-hydrogen) atoms. The van der Waals surface area contributed by atoms with Crippen molar-refractivity contribution < 1.29 is 9.53 Å². The molecule has 0 saturated carbocycles. The summed E-state index contributed by atoms with van der Waals surface area (Å²) < 4.78 is 8.64. The Balaban J connectivity index is 2.43. The van der Waals surface area contributed by atoms with E-state index in [0.717, 1.165) is 39.7 Å². The minimum absolute atomic E-state index is 0.188. The predicted molar refractivity (Wildman–Crippen MR) is 124 cm³/mol. The largest absolute Gasteiger partial charge is 0.411 e. The van der Waals surface area contributed by atoms with Crippen molar-refractivity contribution in [3.63, 3.8) is 0 Å². The van der Waals surface area contributed by atoms with Gasteiger partial charge in [0.15, 0.2) is 8.32 Å². The smallest absolute Gasteiger partial charge is 0.192 e. The van der Waals surface area contributed by atoms with Crippen molar-refractivity contribution in [2.75, 3.05) is 0 Å². The highest BCUT2D eigenvalue weighted by molar-refractivity contribution is 6.74. The first-order valence-corrected chi connectivity index (χ1v) is 13.0. The van der Waals surface area contributed by atoms with Crippen molar-refractivity contribution in [2.45, 2.75) is 71.4 Å². The topological polar surface area (TPSA) is 34.4 Å². The molecule has 0 bridgehead atoms. The van der Waals surface area contributed by atoms with Crippen molar-refractivity contribution >= 4 is 24.8 Å². The number of benzene rings is 1. The van der Waals surface area contributed by atoms with Gasteiger partial charge < -0.3 is 14.1 Å². The lowest BCUT2D eigenvalue weighted by Crippen LogP contribution is -2.40. The van der Waals surface area contributed by atoms with Gasteiger partial charge in [-0.05, 0) is 67.2 Å². The van der Waals surface area contributed by atoms with Crippen molar-refractivity contribution in [3.05, 3.63) is 54.3 Å². The lowest BCUT2D eigenvalue weighted by molar-refractivity contribution is 0.168. The molecule has 0 saturated heterocycles. The van der Waals surface area contributed by atoms with Gasteiger partial charge in [-0.25, -0.2) is 0 Å². The fourth-order valence-electron chi connectivity index (χ4n) is 3.15. The molecule has 1 aromatic carbocycles. The minimum atomic E-state index is -1.81. The average Bonchev–Trinajstić information content (AvgIpc) is 2.91. The van der Waals surface area contributed by atoms with Crippen LogP contribution in [-0.4, -0.2) is 18.0 Å². The Morgan fingerprint density at radius 1 is 1.29 bits per heavy atom. The number of aliphatic hydroxyl groups is 1. The summed E-state index contributed by atoms with van der Waals surface area (Å²) in [6.07, 6.45) is 2.79. The zero-order valence-electron chi connectivity index (χ0n) is 18.7. The van der Waals surface area contributed by atoms with Crippen LogP contribution in [0.3, 0.4) is 0 Å². The predicted octanol–water partition coefficient (Wildman–Crippen LogP) is 6.73. The number of fused-ring (bicyclic) bond motifs is 1. The van der Waals surface area contributed by atoms with Crippen LogP contribution < -0.4 is 0 Å². The Morgan fingerprint density at radius 3 is 2.46 bits per heavy atom. The molecular formula is C24H37NO2Si. The van der Waals surface area contributed by atoms with Gasteiger partial charge in [-0.3, -0.25) is 0 Å². The molecule has 0 aliphatic carbocycles. The zero-order chi connectivity index (χ0) is 21.3. The van der Waals surface area contributed by atoms with Gasteiger partial charge in [-0.15, -0.1) is 6.58 Å². The molecule has 2 rings (SSSR count). The molecule has 1 atom stereocenters. The molecule has 1 unspecified atom stereocenters. The van der Waals surface area contributed by atoms with Crippen molar-refractivity contribution in [2.24, 2.45) is 7.05 Å². The Labute approximate surface area is 171 Å². The SMILES string of the molecule is C=CCCC(O)c1cc2cc(CO[Si](C)(C)C(C)(C)C)n(C)c2cc1C(=C)C. The highest BCUT2D eigenvalue weighted by Gasteiger charge is 2.37. The van der Waals surface area contributed by atoms with Crippen molar-refractivity contribution in [1.82, 2.24) is 4.57 Å². The molecule has 1 heterocycles. The zero-order valence-corrected chi connectivity index (χ0v) is 19.7. The summed E-state index contributed by atoms with van der Waals surface area (Å²) in [5.74, 6) is 0. The number of nitrogens with zero attached hydrogens (tertiary/aromatic N) is 1. The van der Waals surface area contributed by atoms with Gasteiger partial charge in [0.1, 0.15) is 0 Å². The molecule has 4 heteroatoms. The molecule has 0 aliphatic heterocycles. The summed E-state index contributed by atoms with van der Waals surface area (Å²) in [4.78, 5) is 0. The van der Waals surface area contributed by atoms with Crippen LogP contribution in [0.25, 0.3) is 16.5 Å². The number of aryl methyl sites for hydroxylation is 1. The number of rotatable bonds is 8. The second kappa shape index (κ2) is 8.40. The monoisotopic (exact) mass is 399 g/mol. The van der Waals surface area contributed by atoms with Crippen molar-refractivity contribution in [3.8, 4) is 0 Å². The van der Waals surface area contributed by atoms with Crippen LogP contribution in [0.1, 0.15) is 63.5 Å². The van der Waals surface area contributed by atoms with Gasteiger partial charge in [-0.1, -0.05) is 39.0 Å². The molecular weight excluding hydrogens is 362 g/mol. The standard InChI is InChI=1S/C24H37NO2Si/c1-10-11-12-23(26)21-14-18-13-19(16-27-28(8,9)24(4,5)6)25(7)22(18)15-20(21)17(2)3/h10,13-15,23,26H,1-2,11-12,16H2,3-9H3. The maximum atomic E-state index is 10.7. The molecule has 3 nitrogen and oxygen atoms in total. The summed E-state index contributed by atoms with van der Waals surface area (Å²) in [6, 6.07) is 6.46. The molecule has 0 radical (unpaired) electrons. The fraction of sp³-hybridized carbons (Fsp3) is 0.500. The first-order valence-electron chi connectivity index (χ1n) is 10.1. The van der Waals surface area contributed by atoms with Crippen LogP contribution in [-0.2, 0) is 18.1 Å². The summed E-state index contributed by atoms with van der Waals surface area (Å²) in [5, 5.41) is 12.0. The third-order valence-electron chi connectivity index (χ3n) is 6.16. The maximum Gasteiger partial charge on any atom is 0.192 e. The number of aromatic nitrogens is 1. The van der Waals surface area contributed by atoms with E-state index in [4.69, 9.17) is 4.43 Å². The highest BCUT2D eigenvalue weighted by Crippen LogP contribution is 2.38. The average molecular weight is 400 g/mol. The maximum absolute atomic E-state index is 10.7. The van der Waals surface area contributed by atoms with Crippen LogP contribution in [0.15, 0.2) is 37.4 Å². The number of hydrogen-bond donors (Lipinski definition) is 1. The van der Waals surface area contributed by atoms with E-state index >= 15 is 0 Å². The lowest BCUT2D eigenvalue weighted by atomic mass is 9.94. The Kier molecular flexibility index (Phi) is 6.80. The van der Waals surface area contributed by atoms with E-state index in [-0.39, 0.29) is 5.04 Å². The molecule has 0 aliphatic rings. The third kappa shape index (κ3) is 4.68. The van der Waals surface area contributed by atoms with E-state index in [2.05, 4.69) is 76.8 Å². The highest BCUT2D eigenvalue weighted by atomic mass is 28.4. The first kappa shape index (κ1) is 22.7. The van der Waals surface area contributed by atoms with Gasteiger partial charge in [0.2, 0.25) is 0 Å². The first-order chi connectivity index (χ1) is 12.9. The number of aliphatic hydroxyl groups excluding tert-OH is 1. The van der Waals surface area contributed by atoms with Crippen LogP contribution >= 0.6 is 0 Å². The molecule has 1 aromatic heterocycles. The lowest BCUT2D eigenvalue weighted by Gasteiger charge is -2.36.